The summed E-state index contributed by atoms with van der Waals surface area (Å²) in [7, 11) is 8.62. The number of ether oxygens (including phenoxy) is 6. The third-order valence-corrected chi connectivity index (χ3v) is 25.1. The van der Waals surface area contributed by atoms with Gasteiger partial charge in [-0.15, -0.1) is 0 Å². The first-order chi connectivity index (χ1) is 67.9. The Bertz CT molecular complexity index is 6440. The summed E-state index contributed by atoms with van der Waals surface area (Å²) in [4.78, 5) is 11.3. The molecule has 8 heteroatoms. The minimum Gasteiger partial charge on any atom is -0.507 e. The normalized spacial score (nSPS) is 10.7. The number of aromatic hydroxyl groups is 1. The molecule has 0 bridgehead atoms. The van der Waals surface area contributed by atoms with Crippen LogP contribution in [0.3, 0.4) is 0 Å². The van der Waals surface area contributed by atoms with Crippen LogP contribution < -0.4 is 28.4 Å². The van der Waals surface area contributed by atoms with E-state index in [1.165, 1.54) is 157 Å². The zero-order chi connectivity index (χ0) is 103. The first kappa shape index (κ1) is 111. The van der Waals surface area contributed by atoms with Crippen molar-refractivity contribution in [3.8, 4) is 129 Å². The number of rotatable bonds is 22. The summed E-state index contributed by atoms with van der Waals surface area (Å²) < 4.78 is 32.7. The molecule has 16 rings (SSSR count). The first-order valence-electron chi connectivity index (χ1n) is 50.1. The van der Waals surface area contributed by atoms with Gasteiger partial charge < -0.3 is 33.5 Å². The third-order valence-electron chi connectivity index (χ3n) is 25.1. The Kier molecular flexibility index (Phi) is 43.2. The van der Waals surface area contributed by atoms with E-state index < -0.39 is 0 Å². The second-order valence-electron chi connectivity index (χ2n) is 39.2. The monoisotopic (exact) mass is 1890 g/mol. The third kappa shape index (κ3) is 33.2. The van der Waals surface area contributed by atoms with E-state index in [1.807, 2.05) is 48.5 Å². The lowest BCUT2D eigenvalue weighted by atomic mass is 9.96. The van der Waals surface area contributed by atoms with Gasteiger partial charge in [0.2, 0.25) is 0 Å². The van der Waals surface area contributed by atoms with Crippen molar-refractivity contribution in [2.24, 2.45) is 0 Å². The van der Waals surface area contributed by atoms with Crippen molar-refractivity contribution in [1.29, 1.82) is 0 Å². The maximum Gasteiger partial charge on any atom is 0.308 e. The van der Waals surface area contributed by atoms with E-state index >= 15 is 0 Å². The second kappa shape index (κ2) is 55.1. The van der Waals surface area contributed by atoms with Gasteiger partial charge in [-0.1, -0.05) is 417 Å². The van der Waals surface area contributed by atoms with E-state index in [2.05, 4.69) is 456 Å². The summed E-state index contributed by atoms with van der Waals surface area (Å²) in [6.45, 7) is 51.3. The predicted molar refractivity (Wildman–Crippen MR) is 607 cm³/mol. The molecule has 0 aliphatic heterocycles. The average Bonchev–Trinajstić information content (AvgIpc) is 0.792. The molecule has 142 heavy (non-hydrogen) atoms. The molecule has 738 valence electrons. The molecule has 0 atom stereocenters. The van der Waals surface area contributed by atoms with Crippen LogP contribution in [-0.2, 0) is 4.79 Å². The Morgan fingerprint density at radius 1 is 0.190 bits per heavy atom. The molecule has 0 saturated carbocycles. The van der Waals surface area contributed by atoms with E-state index in [0.29, 0.717) is 58.8 Å². The lowest BCUT2D eigenvalue weighted by molar-refractivity contribution is -0.131. The fourth-order valence-electron chi connectivity index (χ4n) is 16.4. The van der Waals surface area contributed by atoms with Crippen LogP contribution >= 0.6 is 0 Å². The van der Waals surface area contributed by atoms with Gasteiger partial charge in [0.25, 0.3) is 0 Å². The molecule has 0 aromatic heterocycles. The molecule has 0 spiro atoms. The van der Waals surface area contributed by atoms with Crippen molar-refractivity contribution in [3.05, 3.63) is 435 Å². The largest absolute Gasteiger partial charge is 0.507 e. The number of esters is 1. The van der Waals surface area contributed by atoms with E-state index in [9.17, 15) is 9.90 Å². The molecule has 8 nitrogen and oxygen atoms in total. The molecule has 16 aromatic carbocycles. The van der Waals surface area contributed by atoms with Crippen LogP contribution in [0.15, 0.2) is 352 Å². The predicted octanol–water partition coefficient (Wildman–Crippen LogP) is 37.6. The van der Waals surface area contributed by atoms with Gasteiger partial charge in [-0.25, -0.2) is 0 Å². The van der Waals surface area contributed by atoms with Crippen molar-refractivity contribution in [2.75, 3.05) is 35.5 Å². The number of carbonyl (C=O) groups excluding carboxylic acids is 1. The maximum absolute atomic E-state index is 11.3. The number of phenolic OH excluding ortho intramolecular Hbond substituents is 1. The molecule has 0 fully saturated rings. The number of hydrogen-bond donors (Lipinski definition) is 1. The summed E-state index contributed by atoms with van der Waals surface area (Å²) in [6.07, 6.45) is 0. The van der Waals surface area contributed by atoms with E-state index in [4.69, 9.17) is 28.4 Å². The Morgan fingerprint density at radius 2 is 0.394 bits per heavy atom. The summed E-state index contributed by atoms with van der Waals surface area (Å²) in [5.41, 5.74) is 37.9. The van der Waals surface area contributed by atoms with Crippen LogP contribution in [0.2, 0.25) is 0 Å². The molecule has 0 aliphatic rings. The van der Waals surface area contributed by atoms with E-state index in [0.717, 1.165) is 51.0 Å². The van der Waals surface area contributed by atoms with Gasteiger partial charge in [0, 0.05) is 45.9 Å². The highest BCUT2D eigenvalue weighted by atomic mass is 16.5. The summed E-state index contributed by atoms with van der Waals surface area (Å²) >= 11 is 0. The topological polar surface area (TPSA) is 92.7 Å². The number of methoxy groups -OCH3 is 5. The minimum absolute atomic E-state index is 0.295. The van der Waals surface area contributed by atoms with Gasteiger partial charge in [0.05, 0.1) is 35.5 Å². The fourth-order valence-corrected chi connectivity index (χ4v) is 16.4. The number of aryl methyl sites for hydroxylation is 7. The second-order valence-corrected chi connectivity index (χ2v) is 39.2. The summed E-state index contributed by atoms with van der Waals surface area (Å²) in [5, 5.41) is 9.96. The Labute approximate surface area is 852 Å². The zero-order valence-electron chi connectivity index (χ0n) is 89.9. The number of hydrogen-bond acceptors (Lipinski definition) is 8. The number of phenols is 1. The highest BCUT2D eigenvalue weighted by Crippen LogP contribution is 2.42. The van der Waals surface area contributed by atoms with Crippen LogP contribution in [0.25, 0.3) is 89.0 Å². The van der Waals surface area contributed by atoms with Gasteiger partial charge >= 0.3 is 5.97 Å². The van der Waals surface area contributed by atoms with Crippen LogP contribution in [0.4, 0.5) is 0 Å². The highest BCUT2D eigenvalue weighted by Gasteiger charge is 2.18. The van der Waals surface area contributed by atoms with E-state index in [-0.39, 0.29) is 5.97 Å². The smallest absolute Gasteiger partial charge is 0.308 e. The maximum atomic E-state index is 11.3. The molecule has 1 N–H and O–H groups in total. The van der Waals surface area contributed by atoms with Crippen molar-refractivity contribution in [2.45, 2.75) is 214 Å². The minimum atomic E-state index is -0.295. The lowest BCUT2D eigenvalue weighted by Gasteiger charge is -2.13. The molecule has 0 aliphatic carbocycles. The standard InChI is InChI=1S/C18H20O2.4C17H20O.2C16H18O.C16H18/c1-12(2)15-8-9-18(20-14(4)19)17(11-15)16-7-5-6-13(3)10-16;1-12(2)15-9-10-17(18-4)16(11-15)14-7-5-13(3)6-8-14;3*1-12(2)14-8-9-17(18-4)16(11-14)15-7-5-6-13(3)10-15;1-11(2)13-7-8-16(17)15(10-13)14-6-4-5-12(3)9-14;1-12(2)14-9-10-16(17-3)15(11-14)13-7-5-4-6-8-13;1-12(2)14-7-5-9-16(11-14)15-8-4-6-13(3)10-15/h5-12H,1-4H3;4*5-12H,1-4H3;4-11,17H,1-3H3;4-12H,1-3H3;4-12H,1-3H3. The molecule has 0 radical (unpaired) electrons. The zero-order valence-corrected chi connectivity index (χ0v) is 89.9. The lowest BCUT2D eigenvalue weighted by Crippen LogP contribution is -2.03. The van der Waals surface area contributed by atoms with Gasteiger partial charge in [-0.2, -0.15) is 0 Å². The summed E-state index contributed by atoms with van der Waals surface area (Å²) in [5.74, 6) is 9.48. The van der Waals surface area contributed by atoms with Crippen LogP contribution in [0.1, 0.15) is 248 Å². The first-order valence-corrected chi connectivity index (χ1v) is 50.1. The average molecular weight is 1890 g/mol. The van der Waals surface area contributed by atoms with Crippen molar-refractivity contribution >= 4 is 5.97 Å². The van der Waals surface area contributed by atoms with Gasteiger partial charge in [0.1, 0.15) is 40.2 Å². The van der Waals surface area contributed by atoms with Crippen molar-refractivity contribution in [1.82, 2.24) is 0 Å². The highest BCUT2D eigenvalue weighted by molar-refractivity contribution is 5.80. The number of carbonyl (C=O) groups is 1. The van der Waals surface area contributed by atoms with Crippen molar-refractivity contribution in [3.63, 3.8) is 0 Å². The molecular formula is C134H154O8. The Balaban J connectivity index is 0.000000181. The van der Waals surface area contributed by atoms with Gasteiger partial charge in [-0.3, -0.25) is 4.79 Å². The van der Waals surface area contributed by atoms with Gasteiger partial charge in [0.15, 0.2) is 0 Å². The van der Waals surface area contributed by atoms with Crippen LogP contribution in [0, 0.1) is 48.5 Å². The molecule has 0 unspecified atom stereocenters. The molecule has 16 aromatic rings. The summed E-state index contributed by atoms with van der Waals surface area (Å²) in [6, 6.07) is 122. The molecule has 0 saturated heterocycles. The van der Waals surface area contributed by atoms with E-state index in [1.54, 1.807) is 41.6 Å². The molecule has 0 amide bonds. The molecule has 0 heterocycles. The van der Waals surface area contributed by atoms with Crippen LogP contribution in [0.5, 0.6) is 40.2 Å². The Morgan fingerprint density at radius 3 is 0.662 bits per heavy atom. The number of benzene rings is 16. The van der Waals surface area contributed by atoms with Gasteiger partial charge in [-0.05, 0) is 275 Å². The quantitative estimate of drug-likeness (QED) is 0.0530. The Hall–Kier alpha value is -14.2. The SMILES string of the molecule is CC(=O)Oc1ccc(C(C)C)cc1-c1cccc(C)c1.COc1ccc(C(C)C)cc1-c1ccc(C)cc1.COc1ccc(C(C)C)cc1-c1cccc(C)c1.COc1ccc(C(C)C)cc1-c1cccc(C)c1.COc1ccc(C(C)C)cc1-c1cccc(C)c1.COc1ccc(C(C)C)cc1-c1ccccc1.Cc1cccc(-c2cc(C(C)C)ccc2O)c1.Cc1cccc(-c2cccc(C(C)C)c2)c1. The van der Waals surface area contributed by atoms with Crippen LogP contribution in [-0.4, -0.2) is 46.6 Å². The molecular weight excluding hydrogens is 1740 g/mol. The fraction of sp³-hybridized carbons (Fsp3) is 0.276. The van der Waals surface area contributed by atoms with Crippen molar-refractivity contribution < 1.29 is 38.3 Å².